The van der Waals surface area contributed by atoms with Gasteiger partial charge in [0.05, 0.1) is 5.69 Å². The Labute approximate surface area is 121 Å². The fraction of sp³-hybridized carbons (Fsp3) is 0.0667. The van der Waals surface area contributed by atoms with Crippen molar-refractivity contribution in [3.8, 4) is 0 Å². The highest BCUT2D eigenvalue weighted by Crippen LogP contribution is 2.16. The Kier molecular flexibility index (Phi) is 3.60. The molecular formula is C15H14N4S. The molecule has 0 spiro atoms. The summed E-state index contributed by atoms with van der Waals surface area (Å²) >= 11 is 1.52. The van der Waals surface area contributed by atoms with Crippen LogP contribution in [0.5, 0.6) is 0 Å². The van der Waals surface area contributed by atoms with E-state index in [0.717, 1.165) is 21.3 Å². The van der Waals surface area contributed by atoms with Gasteiger partial charge in [0.1, 0.15) is 0 Å². The van der Waals surface area contributed by atoms with Crippen molar-refractivity contribution in [2.75, 3.05) is 5.32 Å². The van der Waals surface area contributed by atoms with Crippen LogP contribution in [0.3, 0.4) is 0 Å². The third-order valence-corrected chi connectivity index (χ3v) is 3.63. The van der Waals surface area contributed by atoms with Crippen LogP contribution in [0.4, 0.5) is 16.5 Å². The summed E-state index contributed by atoms with van der Waals surface area (Å²) in [7, 11) is 1.90. The minimum absolute atomic E-state index is 0.827. The Bertz CT molecular complexity index is 744. The van der Waals surface area contributed by atoms with Crippen molar-refractivity contribution in [2.24, 2.45) is 12.0 Å². The van der Waals surface area contributed by atoms with Crippen LogP contribution < -0.4 is 10.1 Å². The third kappa shape index (κ3) is 2.95. The molecule has 3 rings (SSSR count). The first-order chi connectivity index (χ1) is 9.81. The van der Waals surface area contributed by atoms with Gasteiger partial charge in [-0.3, -0.25) is 0 Å². The first-order valence-corrected chi connectivity index (χ1v) is 7.09. The SMILES string of the molecule is Cn1nc(Nc2ccccc2)sc1=Nc1ccccc1. The molecule has 1 heterocycles. The van der Waals surface area contributed by atoms with Crippen LogP contribution in [0, 0.1) is 0 Å². The Balaban J connectivity index is 1.90. The van der Waals surface area contributed by atoms with Crippen molar-refractivity contribution < 1.29 is 0 Å². The molecule has 0 saturated heterocycles. The third-order valence-electron chi connectivity index (χ3n) is 2.71. The van der Waals surface area contributed by atoms with Crippen molar-refractivity contribution in [1.82, 2.24) is 9.78 Å². The highest BCUT2D eigenvalue weighted by molar-refractivity contribution is 7.13. The van der Waals surface area contributed by atoms with E-state index in [9.17, 15) is 0 Å². The number of aryl methyl sites for hydroxylation is 1. The second-order valence-corrected chi connectivity index (χ2v) is 5.21. The van der Waals surface area contributed by atoms with Gasteiger partial charge in [-0.15, -0.1) is 5.10 Å². The molecule has 100 valence electrons. The molecule has 0 radical (unpaired) electrons. The summed E-state index contributed by atoms with van der Waals surface area (Å²) in [6.45, 7) is 0. The molecular weight excluding hydrogens is 268 g/mol. The summed E-state index contributed by atoms with van der Waals surface area (Å²) in [5.41, 5.74) is 1.95. The van der Waals surface area contributed by atoms with Crippen molar-refractivity contribution in [3.05, 3.63) is 65.5 Å². The molecule has 0 saturated carbocycles. The fourth-order valence-corrected chi connectivity index (χ4v) is 2.58. The predicted octanol–water partition coefficient (Wildman–Crippen LogP) is 3.46. The van der Waals surface area contributed by atoms with Crippen LogP contribution in [0.2, 0.25) is 0 Å². The van der Waals surface area contributed by atoms with Gasteiger partial charge in [0.2, 0.25) is 9.93 Å². The lowest BCUT2D eigenvalue weighted by atomic mass is 10.3. The van der Waals surface area contributed by atoms with Crippen molar-refractivity contribution >= 4 is 27.8 Å². The number of nitrogens with one attached hydrogen (secondary N) is 1. The standard InChI is InChI=1S/C15H14N4S/c1-19-15(17-13-10-6-3-7-11-13)20-14(18-19)16-12-8-4-2-5-9-12/h2-11H,1H3,(H,16,18). The maximum absolute atomic E-state index is 4.58. The number of rotatable bonds is 3. The monoisotopic (exact) mass is 282 g/mol. The Hall–Kier alpha value is -2.40. The van der Waals surface area contributed by atoms with E-state index in [0.29, 0.717) is 0 Å². The summed E-state index contributed by atoms with van der Waals surface area (Å²) in [6, 6.07) is 19.9. The molecule has 1 aromatic heterocycles. The Morgan fingerprint density at radius 3 is 2.35 bits per heavy atom. The van der Waals surface area contributed by atoms with E-state index in [1.54, 1.807) is 4.68 Å². The summed E-state index contributed by atoms with van der Waals surface area (Å²) in [4.78, 5) is 5.44. The Morgan fingerprint density at radius 1 is 1.00 bits per heavy atom. The van der Waals surface area contributed by atoms with Crippen molar-refractivity contribution in [1.29, 1.82) is 0 Å². The molecule has 2 aromatic carbocycles. The molecule has 5 heteroatoms. The second-order valence-electron chi connectivity index (χ2n) is 4.25. The molecule has 0 bridgehead atoms. The van der Waals surface area contributed by atoms with Gasteiger partial charge in [0.15, 0.2) is 0 Å². The molecule has 4 nitrogen and oxygen atoms in total. The lowest BCUT2D eigenvalue weighted by Crippen LogP contribution is -2.10. The highest BCUT2D eigenvalue weighted by atomic mass is 32.1. The zero-order valence-electron chi connectivity index (χ0n) is 11.0. The van der Waals surface area contributed by atoms with E-state index in [2.05, 4.69) is 15.4 Å². The first kappa shape index (κ1) is 12.6. The van der Waals surface area contributed by atoms with Crippen molar-refractivity contribution in [3.63, 3.8) is 0 Å². The summed E-state index contributed by atoms with van der Waals surface area (Å²) in [6.07, 6.45) is 0. The van der Waals surface area contributed by atoms with Crippen LogP contribution in [-0.2, 0) is 7.05 Å². The van der Waals surface area contributed by atoms with Gasteiger partial charge in [-0.1, -0.05) is 47.7 Å². The normalized spacial score (nSPS) is 11.6. The van der Waals surface area contributed by atoms with Crippen LogP contribution in [0.1, 0.15) is 0 Å². The fourth-order valence-electron chi connectivity index (χ4n) is 1.76. The smallest absolute Gasteiger partial charge is 0.209 e. The lowest BCUT2D eigenvalue weighted by Gasteiger charge is -1.99. The number of para-hydroxylation sites is 2. The van der Waals surface area contributed by atoms with Gasteiger partial charge in [-0.25, -0.2) is 9.67 Å². The number of hydrogen-bond acceptors (Lipinski definition) is 4. The van der Waals surface area contributed by atoms with Crippen LogP contribution >= 0.6 is 11.3 Å². The zero-order valence-corrected chi connectivity index (χ0v) is 11.8. The van der Waals surface area contributed by atoms with E-state index in [1.807, 2.05) is 67.7 Å². The maximum Gasteiger partial charge on any atom is 0.209 e. The number of hydrogen-bond donors (Lipinski definition) is 1. The average Bonchev–Trinajstić information content (AvgIpc) is 2.81. The van der Waals surface area contributed by atoms with E-state index in [1.165, 1.54) is 11.3 Å². The summed E-state index contributed by atoms with van der Waals surface area (Å²) < 4.78 is 1.78. The molecule has 0 amide bonds. The van der Waals surface area contributed by atoms with E-state index in [4.69, 9.17) is 0 Å². The maximum atomic E-state index is 4.58. The number of aromatic nitrogens is 2. The topological polar surface area (TPSA) is 42.2 Å². The molecule has 0 unspecified atom stereocenters. The van der Waals surface area contributed by atoms with E-state index < -0.39 is 0 Å². The number of benzene rings is 2. The molecule has 20 heavy (non-hydrogen) atoms. The zero-order chi connectivity index (χ0) is 13.8. The molecule has 1 N–H and O–H groups in total. The largest absolute Gasteiger partial charge is 0.330 e. The minimum atomic E-state index is 0.827. The molecule has 0 aliphatic carbocycles. The molecule has 0 aliphatic heterocycles. The molecule has 0 fully saturated rings. The van der Waals surface area contributed by atoms with Gasteiger partial charge in [0.25, 0.3) is 0 Å². The van der Waals surface area contributed by atoms with Gasteiger partial charge in [-0.05, 0) is 24.3 Å². The first-order valence-electron chi connectivity index (χ1n) is 6.27. The summed E-state index contributed by atoms with van der Waals surface area (Å²) in [5, 5.41) is 8.54. The average molecular weight is 282 g/mol. The van der Waals surface area contributed by atoms with Crippen LogP contribution in [-0.4, -0.2) is 9.78 Å². The minimum Gasteiger partial charge on any atom is -0.330 e. The second kappa shape index (κ2) is 5.71. The molecule has 0 aliphatic rings. The van der Waals surface area contributed by atoms with Gasteiger partial charge in [0, 0.05) is 12.7 Å². The number of anilines is 2. The Morgan fingerprint density at radius 2 is 1.65 bits per heavy atom. The van der Waals surface area contributed by atoms with Gasteiger partial charge in [-0.2, -0.15) is 0 Å². The lowest BCUT2D eigenvalue weighted by molar-refractivity contribution is 0.733. The van der Waals surface area contributed by atoms with Crippen LogP contribution in [0.15, 0.2) is 65.7 Å². The van der Waals surface area contributed by atoms with Gasteiger partial charge < -0.3 is 5.32 Å². The van der Waals surface area contributed by atoms with Gasteiger partial charge >= 0.3 is 0 Å². The van der Waals surface area contributed by atoms with Crippen LogP contribution in [0.25, 0.3) is 0 Å². The quantitative estimate of drug-likeness (QED) is 0.799. The number of nitrogens with zero attached hydrogens (tertiary/aromatic N) is 3. The molecule has 3 aromatic rings. The van der Waals surface area contributed by atoms with E-state index in [-0.39, 0.29) is 0 Å². The highest BCUT2D eigenvalue weighted by Gasteiger charge is 2.02. The van der Waals surface area contributed by atoms with Crippen molar-refractivity contribution in [2.45, 2.75) is 0 Å². The summed E-state index contributed by atoms with van der Waals surface area (Å²) in [5.74, 6) is 0. The van der Waals surface area contributed by atoms with E-state index >= 15 is 0 Å². The predicted molar refractivity (Wildman–Crippen MR) is 82.5 cm³/mol. The molecule has 0 atom stereocenters.